The Hall–Kier alpha value is -1.91. The van der Waals surface area contributed by atoms with Crippen molar-refractivity contribution in [2.24, 2.45) is 10.8 Å². The maximum atomic E-state index is 13.0. The van der Waals surface area contributed by atoms with Crippen LogP contribution in [0.3, 0.4) is 0 Å². The first-order valence-corrected chi connectivity index (χ1v) is 8.68. The summed E-state index contributed by atoms with van der Waals surface area (Å²) in [5.41, 5.74) is 0.958. The van der Waals surface area contributed by atoms with Crippen molar-refractivity contribution in [1.82, 2.24) is 9.88 Å². The molecule has 2 unspecified atom stereocenters. The van der Waals surface area contributed by atoms with Crippen LogP contribution in [0, 0.1) is 10.8 Å². The summed E-state index contributed by atoms with van der Waals surface area (Å²) in [7, 11) is 0. The number of likely N-dealkylation sites (tertiary alicyclic amines) is 1. The Kier molecular flexibility index (Phi) is 4.14. The molecule has 3 rings (SSSR count). The highest BCUT2D eigenvalue weighted by atomic mass is 16.5. The Morgan fingerprint density at radius 2 is 1.96 bits per heavy atom. The molecule has 1 aromatic rings. The van der Waals surface area contributed by atoms with Crippen molar-refractivity contribution >= 4 is 11.9 Å². The van der Waals surface area contributed by atoms with Crippen LogP contribution in [-0.2, 0) is 4.74 Å². The first-order valence-electron chi connectivity index (χ1n) is 8.68. The molecule has 2 aliphatic rings. The molecule has 1 aliphatic heterocycles. The molecular weight excluding hydrogens is 304 g/mol. The van der Waals surface area contributed by atoms with Gasteiger partial charge >= 0.3 is 5.97 Å². The Labute approximate surface area is 143 Å². The smallest absolute Gasteiger partial charge is 0.356 e. The van der Waals surface area contributed by atoms with Gasteiger partial charge in [-0.1, -0.05) is 26.8 Å². The van der Waals surface area contributed by atoms with Gasteiger partial charge in [-0.3, -0.25) is 4.79 Å². The van der Waals surface area contributed by atoms with Gasteiger partial charge in [0.1, 0.15) is 11.4 Å². The molecule has 1 aliphatic carbocycles. The fraction of sp³-hybridized carbons (Fsp3) is 0.632. The van der Waals surface area contributed by atoms with E-state index >= 15 is 0 Å². The Morgan fingerprint density at radius 3 is 2.67 bits per heavy atom. The Bertz CT molecular complexity index is 670. The van der Waals surface area contributed by atoms with Crippen molar-refractivity contribution in [3.05, 3.63) is 29.6 Å². The normalized spacial score (nSPS) is 27.8. The molecule has 0 N–H and O–H groups in total. The summed E-state index contributed by atoms with van der Waals surface area (Å²) < 4.78 is 4.97. The minimum Gasteiger partial charge on any atom is -0.461 e. The summed E-state index contributed by atoms with van der Waals surface area (Å²) in [6.45, 7) is 9.65. The number of fused-ring (bicyclic) bond motifs is 2. The van der Waals surface area contributed by atoms with E-state index in [4.69, 9.17) is 4.74 Å². The molecule has 130 valence electrons. The summed E-state index contributed by atoms with van der Waals surface area (Å²) in [4.78, 5) is 31.0. The van der Waals surface area contributed by atoms with Gasteiger partial charge in [0.2, 0.25) is 0 Å². The third kappa shape index (κ3) is 3.17. The molecule has 2 fully saturated rings. The lowest BCUT2D eigenvalue weighted by molar-refractivity contribution is 0.0519. The number of amides is 1. The third-order valence-corrected chi connectivity index (χ3v) is 5.13. The molecule has 1 saturated carbocycles. The maximum Gasteiger partial charge on any atom is 0.356 e. The van der Waals surface area contributed by atoms with Crippen LogP contribution in [0.1, 0.15) is 67.9 Å². The highest BCUT2D eigenvalue weighted by molar-refractivity contribution is 5.95. The second-order valence-electron chi connectivity index (χ2n) is 8.28. The number of carbonyl (C=O) groups is 2. The fourth-order valence-corrected chi connectivity index (χ4v) is 4.72. The molecule has 24 heavy (non-hydrogen) atoms. The first-order chi connectivity index (χ1) is 11.2. The zero-order valence-electron chi connectivity index (χ0n) is 15.0. The average molecular weight is 330 g/mol. The largest absolute Gasteiger partial charge is 0.461 e. The highest BCUT2D eigenvalue weighted by Gasteiger charge is 2.51. The lowest BCUT2D eigenvalue weighted by atomic mass is 9.65. The van der Waals surface area contributed by atoms with Gasteiger partial charge in [-0.25, -0.2) is 9.78 Å². The minimum atomic E-state index is -0.486. The van der Waals surface area contributed by atoms with Crippen LogP contribution >= 0.6 is 0 Å². The third-order valence-electron chi connectivity index (χ3n) is 5.13. The molecule has 5 heteroatoms. The summed E-state index contributed by atoms with van der Waals surface area (Å²) in [5.74, 6) is -0.562. The molecular formula is C19H26N2O3. The predicted octanol–water partition coefficient (Wildman–Crippen LogP) is 3.30. The molecule has 1 aromatic heterocycles. The predicted molar refractivity (Wildman–Crippen MR) is 90.8 cm³/mol. The molecule has 5 nitrogen and oxygen atoms in total. The number of esters is 1. The highest BCUT2D eigenvalue weighted by Crippen LogP contribution is 2.52. The van der Waals surface area contributed by atoms with Crippen LogP contribution < -0.4 is 0 Å². The molecule has 0 spiro atoms. The van der Waals surface area contributed by atoms with Crippen molar-refractivity contribution in [3.63, 3.8) is 0 Å². The fourth-order valence-electron chi connectivity index (χ4n) is 4.72. The van der Waals surface area contributed by atoms with Crippen molar-refractivity contribution in [3.8, 4) is 0 Å². The Balaban J connectivity index is 1.83. The number of hydrogen-bond donors (Lipinski definition) is 0. The number of rotatable bonds is 3. The van der Waals surface area contributed by atoms with Crippen molar-refractivity contribution < 1.29 is 14.3 Å². The van der Waals surface area contributed by atoms with Gasteiger partial charge in [-0.05, 0) is 49.1 Å². The van der Waals surface area contributed by atoms with E-state index in [1.54, 1.807) is 25.1 Å². The van der Waals surface area contributed by atoms with Gasteiger partial charge in [-0.2, -0.15) is 0 Å². The summed E-state index contributed by atoms with van der Waals surface area (Å²) >= 11 is 0. The minimum absolute atomic E-state index is 0.0763. The van der Waals surface area contributed by atoms with E-state index in [0.29, 0.717) is 12.3 Å². The van der Waals surface area contributed by atoms with Gasteiger partial charge < -0.3 is 9.64 Å². The van der Waals surface area contributed by atoms with Crippen LogP contribution in [0.15, 0.2) is 18.2 Å². The topological polar surface area (TPSA) is 59.5 Å². The second-order valence-corrected chi connectivity index (χ2v) is 8.28. The second kappa shape index (κ2) is 5.87. The lowest BCUT2D eigenvalue weighted by Crippen LogP contribution is -2.38. The van der Waals surface area contributed by atoms with Crippen LogP contribution in [0.2, 0.25) is 0 Å². The molecule has 1 saturated heterocycles. The number of ether oxygens (including phenoxy) is 1. The SMILES string of the molecule is CCOC(=O)c1cccc(C(=O)N2CC3(C)CC2CC(C)(C)C3)n1. The number of aromatic nitrogens is 1. The van der Waals surface area contributed by atoms with E-state index < -0.39 is 5.97 Å². The van der Waals surface area contributed by atoms with E-state index in [1.807, 2.05) is 4.90 Å². The quantitative estimate of drug-likeness (QED) is 0.798. The van der Waals surface area contributed by atoms with E-state index in [-0.39, 0.29) is 28.5 Å². The Morgan fingerprint density at radius 1 is 1.25 bits per heavy atom. The lowest BCUT2D eigenvalue weighted by Gasteiger charge is -2.39. The molecule has 2 atom stereocenters. The van der Waals surface area contributed by atoms with E-state index in [9.17, 15) is 9.59 Å². The standard InChI is InChI=1S/C19H26N2O3/c1-5-24-17(23)15-8-6-7-14(20-15)16(22)21-12-19(4)10-13(21)9-18(2,3)11-19/h6-8,13H,5,9-12H2,1-4H3. The summed E-state index contributed by atoms with van der Waals surface area (Å²) in [6.07, 6.45) is 3.21. The molecule has 2 heterocycles. The van der Waals surface area contributed by atoms with E-state index in [0.717, 1.165) is 25.8 Å². The molecule has 0 aromatic carbocycles. The van der Waals surface area contributed by atoms with Gasteiger partial charge in [0.15, 0.2) is 0 Å². The van der Waals surface area contributed by atoms with Gasteiger partial charge in [-0.15, -0.1) is 0 Å². The van der Waals surface area contributed by atoms with E-state index in [2.05, 4.69) is 25.8 Å². The van der Waals surface area contributed by atoms with Crippen LogP contribution in [-0.4, -0.2) is 41.0 Å². The molecule has 1 amide bonds. The van der Waals surface area contributed by atoms with Crippen LogP contribution in [0.5, 0.6) is 0 Å². The summed E-state index contributed by atoms with van der Waals surface area (Å²) in [5, 5.41) is 0. The zero-order chi connectivity index (χ0) is 17.5. The molecule has 2 bridgehead atoms. The first kappa shape index (κ1) is 16.9. The van der Waals surface area contributed by atoms with Crippen LogP contribution in [0.4, 0.5) is 0 Å². The maximum absolute atomic E-state index is 13.0. The van der Waals surface area contributed by atoms with Crippen LogP contribution in [0.25, 0.3) is 0 Å². The van der Waals surface area contributed by atoms with E-state index in [1.165, 1.54) is 0 Å². The van der Waals surface area contributed by atoms with Crippen molar-refractivity contribution in [2.45, 2.75) is 53.0 Å². The molecule has 0 radical (unpaired) electrons. The van der Waals surface area contributed by atoms with Gasteiger partial charge in [0.25, 0.3) is 5.91 Å². The number of carbonyl (C=O) groups excluding carboxylic acids is 2. The zero-order valence-corrected chi connectivity index (χ0v) is 15.0. The average Bonchev–Trinajstić information content (AvgIpc) is 2.76. The summed E-state index contributed by atoms with van der Waals surface area (Å²) in [6, 6.07) is 5.22. The monoisotopic (exact) mass is 330 g/mol. The van der Waals surface area contributed by atoms with Gasteiger partial charge in [0, 0.05) is 12.6 Å². The van der Waals surface area contributed by atoms with Crippen molar-refractivity contribution in [2.75, 3.05) is 13.2 Å². The van der Waals surface area contributed by atoms with Gasteiger partial charge in [0.05, 0.1) is 6.61 Å². The number of nitrogens with zero attached hydrogens (tertiary/aromatic N) is 2. The number of pyridine rings is 1. The number of hydrogen-bond acceptors (Lipinski definition) is 4. The van der Waals surface area contributed by atoms with Crippen molar-refractivity contribution in [1.29, 1.82) is 0 Å².